The summed E-state index contributed by atoms with van der Waals surface area (Å²) in [5, 5.41) is 5.66. The molecule has 2 N–H and O–H groups in total. The van der Waals surface area contributed by atoms with Crippen LogP contribution in [0.5, 0.6) is 0 Å². The number of hydrogen-bond donors (Lipinski definition) is 2. The third-order valence-electron chi connectivity index (χ3n) is 5.43. The fourth-order valence-electron chi connectivity index (χ4n) is 3.82. The summed E-state index contributed by atoms with van der Waals surface area (Å²) >= 11 is 0. The Hall–Kier alpha value is -3.01. The van der Waals surface area contributed by atoms with E-state index in [2.05, 4.69) is 16.6 Å². The number of hydrogen-bond acceptors (Lipinski definition) is 4. The average Bonchev–Trinajstić information content (AvgIpc) is 2.73. The van der Waals surface area contributed by atoms with Gasteiger partial charge in [-0.05, 0) is 58.2 Å². The number of nitrogens with one attached hydrogen (secondary N) is 2. The number of carbonyl (C=O) groups excluding carboxylic acids is 3. The Labute approximate surface area is 191 Å². The van der Waals surface area contributed by atoms with Crippen molar-refractivity contribution in [2.24, 2.45) is 0 Å². The first-order valence-electron chi connectivity index (χ1n) is 11.1. The lowest BCUT2D eigenvalue weighted by molar-refractivity contribution is -0.140. The number of likely N-dealkylation sites (N-methyl/N-ethyl adjacent to an activating group) is 1. The van der Waals surface area contributed by atoms with E-state index in [1.165, 1.54) is 11.3 Å². The van der Waals surface area contributed by atoms with Gasteiger partial charge in [0.05, 0.1) is 0 Å². The van der Waals surface area contributed by atoms with Gasteiger partial charge in [0, 0.05) is 18.7 Å². The van der Waals surface area contributed by atoms with Gasteiger partial charge in [0.15, 0.2) is 0 Å². The van der Waals surface area contributed by atoms with Gasteiger partial charge >= 0.3 is 6.09 Å². The van der Waals surface area contributed by atoms with Gasteiger partial charge in [-0.2, -0.15) is 0 Å². The highest BCUT2D eigenvalue weighted by Crippen LogP contribution is 2.24. The van der Waals surface area contributed by atoms with Crippen LogP contribution in [0.2, 0.25) is 0 Å². The average molecular weight is 442 g/mol. The van der Waals surface area contributed by atoms with Crippen LogP contribution in [-0.2, 0) is 14.3 Å². The molecule has 7 nitrogen and oxygen atoms in total. The summed E-state index contributed by atoms with van der Waals surface area (Å²) in [6, 6.07) is 5.40. The van der Waals surface area contributed by atoms with Gasteiger partial charge in [-0.25, -0.2) is 4.79 Å². The van der Waals surface area contributed by atoms with E-state index in [-0.39, 0.29) is 11.9 Å². The van der Waals surface area contributed by atoms with E-state index >= 15 is 0 Å². The lowest BCUT2D eigenvalue weighted by Gasteiger charge is -2.32. The highest BCUT2D eigenvalue weighted by molar-refractivity contribution is 5.91. The lowest BCUT2D eigenvalue weighted by atomic mass is 9.94. The summed E-state index contributed by atoms with van der Waals surface area (Å²) in [7, 11) is 1.57. The Kier molecular flexibility index (Phi) is 8.71. The van der Waals surface area contributed by atoms with E-state index in [1.807, 2.05) is 0 Å². The Bertz CT molecular complexity index is 845. The van der Waals surface area contributed by atoms with E-state index in [0.717, 1.165) is 25.7 Å². The Morgan fingerprint density at radius 1 is 1.12 bits per heavy atom. The molecule has 1 aromatic carbocycles. The molecule has 0 heterocycles. The van der Waals surface area contributed by atoms with E-state index in [4.69, 9.17) is 11.2 Å². The second-order valence-corrected chi connectivity index (χ2v) is 9.33. The smallest absolute Gasteiger partial charge is 0.408 e. The summed E-state index contributed by atoms with van der Waals surface area (Å²) in [5.41, 5.74) is 0.659. The van der Waals surface area contributed by atoms with Crippen LogP contribution < -0.4 is 10.6 Å². The maximum atomic E-state index is 13.3. The maximum absolute atomic E-state index is 13.3. The number of amides is 3. The van der Waals surface area contributed by atoms with Crippen molar-refractivity contribution in [3.05, 3.63) is 35.4 Å². The summed E-state index contributed by atoms with van der Waals surface area (Å²) in [6.45, 7) is 6.81. The molecule has 0 aromatic heterocycles. The summed E-state index contributed by atoms with van der Waals surface area (Å²) < 4.78 is 5.24. The van der Waals surface area contributed by atoms with Crippen molar-refractivity contribution in [3.63, 3.8) is 0 Å². The zero-order chi connectivity index (χ0) is 23.9. The fraction of sp³-hybridized carbons (Fsp3) is 0.560. The summed E-state index contributed by atoms with van der Waals surface area (Å²) in [5.74, 6) is 1.91. The molecule has 174 valence electrons. The van der Waals surface area contributed by atoms with Gasteiger partial charge in [0.1, 0.15) is 17.7 Å². The molecule has 1 aromatic rings. The normalized spacial score (nSPS) is 16.2. The molecule has 0 bridgehead atoms. The van der Waals surface area contributed by atoms with Gasteiger partial charge in [-0.1, -0.05) is 37.3 Å². The van der Waals surface area contributed by atoms with Crippen LogP contribution in [0.4, 0.5) is 4.79 Å². The monoisotopic (exact) mass is 441 g/mol. The van der Waals surface area contributed by atoms with Gasteiger partial charge in [-0.15, -0.1) is 6.42 Å². The summed E-state index contributed by atoms with van der Waals surface area (Å²) in [6.07, 6.45) is 9.97. The van der Waals surface area contributed by atoms with Crippen molar-refractivity contribution in [3.8, 4) is 12.3 Å². The topological polar surface area (TPSA) is 87.7 Å². The molecule has 1 aliphatic carbocycles. The predicted octanol–water partition coefficient (Wildman–Crippen LogP) is 3.53. The molecule has 1 fully saturated rings. The molecule has 2 rings (SSSR count). The SMILES string of the molecule is C#Cc1ccc(C(C(=O)NC2CCCCC2)N(C)C(=O)C(C)NC(=O)OC(C)(C)C)cc1. The minimum Gasteiger partial charge on any atom is -0.444 e. The maximum Gasteiger partial charge on any atom is 0.408 e. The fourth-order valence-corrected chi connectivity index (χ4v) is 3.82. The zero-order valence-electron chi connectivity index (χ0n) is 19.7. The van der Waals surface area contributed by atoms with Gasteiger partial charge < -0.3 is 20.3 Å². The van der Waals surface area contributed by atoms with Crippen LogP contribution in [0.15, 0.2) is 24.3 Å². The molecule has 1 saturated carbocycles. The highest BCUT2D eigenvalue weighted by Gasteiger charge is 2.33. The van der Waals surface area contributed by atoms with Gasteiger partial charge in [0.25, 0.3) is 0 Å². The van der Waals surface area contributed by atoms with Crippen LogP contribution >= 0.6 is 0 Å². The second-order valence-electron chi connectivity index (χ2n) is 9.33. The molecule has 2 atom stereocenters. The lowest BCUT2D eigenvalue weighted by Crippen LogP contribution is -2.51. The second kappa shape index (κ2) is 11.0. The first-order valence-corrected chi connectivity index (χ1v) is 11.1. The Morgan fingerprint density at radius 3 is 2.25 bits per heavy atom. The van der Waals surface area contributed by atoms with E-state index < -0.39 is 29.7 Å². The molecule has 1 aliphatic rings. The van der Waals surface area contributed by atoms with Crippen molar-refractivity contribution in [2.45, 2.75) is 83.5 Å². The van der Waals surface area contributed by atoms with Crippen molar-refractivity contribution in [1.29, 1.82) is 0 Å². The molecule has 3 amide bonds. The number of ether oxygens (including phenoxy) is 1. The minimum absolute atomic E-state index is 0.101. The molecule has 32 heavy (non-hydrogen) atoms. The largest absolute Gasteiger partial charge is 0.444 e. The number of rotatable bonds is 6. The molecular formula is C25H35N3O4. The van der Waals surface area contributed by atoms with Crippen LogP contribution in [0.1, 0.15) is 77.0 Å². The number of carbonyl (C=O) groups is 3. The third-order valence-corrected chi connectivity index (χ3v) is 5.43. The van der Waals surface area contributed by atoms with Crippen molar-refractivity contribution < 1.29 is 19.1 Å². The molecule has 0 spiro atoms. The van der Waals surface area contributed by atoms with Crippen LogP contribution in [0, 0.1) is 12.3 Å². The van der Waals surface area contributed by atoms with Gasteiger partial charge in [-0.3, -0.25) is 9.59 Å². The van der Waals surface area contributed by atoms with E-state index in [9.17, 15) is 14.4 Å². The van der Waals surface area contributed by atoms with E-state index in [0.29, 0.717) is 11.1 Å². The quantitative estimate of drug-likeness (QED) is 0.661. The highest BCUT2D eigenvalue weighted by atomic mass is 16.6. The van der Waals surface area contributed by atoms with Crippen molar-refractivity contribution in [1.82, 2.24) is 15.5 Å². The molecule has 0 radical (unpaired) electrons. The van der Waals surface area contributed by atoms with Crippen LogP contribution in [-0.4, -0.2) is 47.5 Å². The van der Waals surface area contributed by atoms with Crippen molar-refractivity contribution >= 4 is 17.9 Å². The molecular weight excluding hydrogens is 406 g/mol. The molecule has 2 unspecified atom stereocenters. The molecule has 0 saturated heterocycles. The van der Waals surface area contributed by atoms with Crippen LogP contribution in [0.3, 0.4) is 0 Å². The zero-order valence-corrected chi connectivity index (χ0v) is 19.7. The minimum atomic E-state index is -0.871. The van der Waals surface area contributed by atoms with Gasteiger partial charge in [0.2, 0.25) is 11.8 Å². The standard InChI is InChI=1S/C25H35N3O4/c1-7-18-13-15-19(16-14-18)21(22(29)27-20-11-9-8-10-12-20)28(6)23(30)17(2)26-24(31)32-25(3,4)5/h1,13-17,20-21H,8-12H2,2-6H3,(H,26,31)(H,27,29). The summed E-state index contributed by atoms with van der Waals surface area (Å²) in [4.78, 5) is 39.9. The number of nitrogens with zero attached hydrogens (tertiary/aromatic N) is 1. The van der Waals surface area contributed by atoms with Crippen molar-refractivity contribution in [2.75, 3.05) is 7.05 Å². The number of alkyl carbamates (subject to hydrolysis) is 1. The van der Waals surface area contributed by atoms with E-state index in [1.54, 1.807) is 59.0 Å². The predicted molar refractivity (Wildman–Crippen MR) is 124 cm³/mol. The number of terminal acetylenes is 1. The number of benzene rings is 1. The molecule has 7 heteroatoms. The Morgan fingerprint density at radius 2 is 1.72 bits per heavy atom. The first-order chi connectivity index (χ1) is 15.0. The third kappa shape index (κ3) is 7.30. The molecule has 0 aliphatic heterocycles. The first kappa shape index (κ1) is 25.3. The van der Waals surface area contributed by atoms with Crippen LogP contribution in [0.25, 0.3) is 0 Å². The Balaban J connectivity index is 2.20.